The average Bonchev–Trinajstić information content (AvgIpc) is 2.54. The van der Waals surface area contributed by atoms with E-state index in [1.807, 2.05) is 0 Å². The van der Waals surface area contributed by atoms with E-state index in [1.54, 1.807) is 7.05 Å². The van der Waals surface area contributed by atoms with E-state index >= 15 is 0 Å². The van der Waals surface area contributed by atoms with Gasteiger partial charge in [0, 0.05) is 7.05 Å². The Balaban J connectivity index is 2.64. The van der Waals surface area contributed by atoms with Gasteiger partial charge >= 0.3 is 0 Å². The number of aromatic nitrogens is 4. The van der Waals surface area contributed by atoms with Gasteiger partial charge in [0.1, 0.15) is 6.54 Å². The molecule has 1 amide bonds. The predicted octanol–water partition coefficient (Wildman–Crippen LogP) is -0.0963. The zero-order valence-electron chi connectivity index (χ0n) is 6.90. The first kappa shape index (κ1) is 10.7. The van der Waals surface area contributed by atoms with E-state index in [-0.39, 0.29) is 12.5 Å². The summed E-state index contributed by atoms with van der Waals surface area (Å²) >= 11 is 3.70. The Morgan fingerprint density at radius 1 is 1.77 bits per heavy atom. The molecule has 1 aromatic heterocycles. The van der Waals surface area contributed by atoms with Gasteiger partial charge in [0.05, 0.1) is 3.76 Å². The molecule has 0 aliphatic carbocycles. The Morgan fingerprint density at radius 3 is 3.15 bits per heavy atom. The summed E-state index contributed by atoms with van der Waals surface area (Å²) < 4.78 is 2.33. The van der Waals surface area contributed by atoms with E-state index in [9.17, 15) is 4.79 Å². The van der Waals surface area contributed by atoms with Gasteiger partial charge in [-0.2, -0.15) is 0 Å². The molecule has 0 fully saturated rings. The highest BCUT2D eigenvalue weighted by Gasteiger charge is 2.08. The zero-order chi connectivity index (χ0) is 9.68. The maximum Gasteiger partial charge on any atom is 0.241 e. The fourth-order valence-corrected chi connectivity index (χ4v) is 1.94. The van der Waals surface area contributed by atoms with Crippen LogP contribution in [0.2, 0.25) is 0 Å². The van der Waals surface area contributed by atoms with Crippen molar-refractivity contribution in [3.63, 3.8) is 0 Å². The van der Waals surface area contributed by atoms with Crippen LogP contribution in [0.25, 0.3) is 0 Å². The van der Waals surface area contributed by atoms with Gasteiger partial charge in [-0.1, -0.05) is 34.4 Å². The fraction of sp³-hybridized carbons (Fsp3) is 0.600. The summed E-state index contributed by atoms with van der Waals surface area (Å²) in [6.07, 6.45) is 0. The number of hydrogen-bond acceptors (Lipinski definition) is 5. The van der Waals surface area contributed by atoms with Gasteiger partial charge in [0.2, 0.25) is 11.1 Å². The topological polar surface area (TPSA) is 72.7 Å². The number of tetrazole rings is 1. The van der Waals surface area contributed by atoms with E-state index in [4.69, 9.17) is 0 Å². The van der Waals surface area contributed by atoms with E-state index in [0.717, 1.165) is 3.76 Å². The van der Waals surface area contributed by atoms with Crippen LogP contribution in [0, 0.1) is 0 Å². The first-order valence-electron chi connectivity index (χ1n) is 3.43. The van der Waals surface area contributed by atoms with Crippen LogP contribution < -0.4 is 5.32 Å². The van der Waals surface area contributed by atoms with Gasteiger partial charge in [0.15, 0.2) is 0 Å². The number of halogens is 1. The number of nitrogens with zero attached hydrogens (tertiary/aromatic N) is 4. The second-order valence-corrected chi connectivity index (χ2v) is 4.79. The standard InChI is InChI=1S/C5H8IN5OS/c1-7-4(12)2-11-5(13-3-6)8-9-10-11/h2-3H2,1H3,(H,7,12). The number of rotatable bonds is 4. The van der Waals surface area contributed by atoms with Crippen LogP contribution in [0.3, 0.4) is 0 Å². The molecular formula is C5H8IN5OS. The van der Waals surface area contributed by atoms with Crippen molar-refractivity contribution in [1.82, 2.24) is 25.5 Å². The van der Waals surface area contributed by atoms with Crippen molar-refractivity contribution in [1.29, 1.82) is 0 Å². The molecule has 0 radical (unpaired) electrons. The van der Waals surface area contributed by atoms with E-state index in [0.29, 0.717) is 5.16 Å². The normalized spacial score (nSPS) is 10.0. The molecule has 13 heavy (non-hydrogen) atoms. The molecule has 0 aliphatic heterocycles. The third kappa shape index (κ3) is 3.10. The lowest BCUT2D eigenvalue weighted by atomic mass is 10.6. The minimum atomic E-state index is -0.109. The molecule has 6 nitrogen and oxygen atoms in total. The van der Waals surface area contributed by atoms with Gasteiger partial charge < -0.3 is 5.32 Å². The number of thioether (sulfide) groups is 1. The zero-order valence-corrected chi connectivity index (χ0v) is 9.87. The first-order valence-corrected chi connectivity index (χ1v) is 5.94. The summed E-state index contributed by atoms with van der Waals surface area (Å²) in [4.78, 5) is 11.0. The summed E-state index contributed by atoms with van der Waals surface area (Å²) in [5.74, 6) is -0.109. The molecule has 0 spiro atoms. The van der Waals surface area contributed by atoms with Crippen molar-refractivity contribution in [2.75, 3.05) is 10.8 Å². The van der Waals surface area contributed by atoms with E-state index in [2.05, 4.69) is 43.4 Å². The molecule has 1 rings (SSSR count). The largest absolute Gasteiger partial charge is 0.358 e. The van der Waals surface area contributed by atoms with Crippen LogP contribution in [0.4, 0.5) is 0 Å². The number of hydrogen-bond donors (Lipinski definition) is 1. The molecule has 0 saturated heterocycles. The highest BCUT2D eigenvalue weighted by molar-refractivity contribution is 14.1. The molecule has 1 heterocycles. The molecule has 1 N–H and O–H groups in total. The molecular weight excluding hydrogens is 305 g/mol. The van der Waals surface area contributed by atoms with Crippen LogP contribution in [-0.4, -0.2) is 36.9 Å². The fourth-order valence-electron chi connectivity index (χ4n) is 0.663. The molecule has 0 aromatic carbocycles. The second-order valence-electron chi connectivity index (χ2n) is 2.05. The Morgan fingerprint density at radius 2 is 2.54 bits per heavy atom. The minimum Gasteiger partial charge on any atom is -0.358 e. The number of carbonyl (C=O) groups is 1. The lowest BCUT2D eigenvalue weighted by Gasteiger charge is -2.00. The van der Waals surface area contributed by atoms with Gasteiger partial charge in [0.25, 0.3) is 0 Å². The summed E-state index contributed by atoms with van der Waals surface area (Å²) in [6.45, 7) is 0.169. The number of alkyl halides is 1. The molecule has 72 valence electrons. The minimum absolute atomic E-state index is 0.109. The molecule has 0 saturated carbocycles. The van der Waals surface area contributed by atoms with Crippen molar-refractivity contribution in [3.8, 4) is 0 Å². The van der Waals surface area contributed by atoms with Gasteiger partial charge in [-0.3, -0.25) is 4.79 Å². The highest BCUT2D eigenvalue weighted by atomic mass is 127. The van der Waals surface area contributed by atoms with Crippen molar-refractivity contribution in [2.45, 2.75) is 11.7 Å². The molecule has 0 aliphatic rings. The number of amides is 1. The second kappa shape index (κ2) is 5.37. The summed E-state index contributed by atoms with van der Waals surface area (Å²) in [6, 6.07) is 0. The Bertz CT molecular complexity index is 290. The quantitative estimate of drug-likeness (QED) is 0.478. The monoisotopic (exact) mass is 313 g/mol. The van der Waals surface area contributed by atoms with Crippen LogP contribution in [0.5, 0.6) is 0 Å². The van der Waals surface area contributed by atoms with E-state index < -0.39 is 0 Å². The molecule has 8 heteroatoms. The lowest BCUT2D eigenvalue weighted by Crippen LogP contribution is -2.24. The van der Waals surface area contributed by atoms with Crippen LogP contribution in [-0.2, 0) is 11.3 Å². The number of carbonyl (C=O) groups excluding carboxylic acids is 1. The third-order valence-corrected chi connectivity index (χ3v) is 2.85. The summed E-state index contributed by atoms with van der Waals surface area (Å²) in [5.41, 5.74) is 0. The van der Waals surface area contributed by atoms with Crippen LogP contribution in [0.1, 0.15) is 0 Å². The Hall–Kier alpha value is -0.380. The molecule has 0 atom stereocenters. The maximum atomic E-state index is 11.0. The third-order valence-electron chi connectivity index (χ3n) is 1.25. The average molecular weight is 313 g/mol. The van der Waals surface area contributed by atoms with Crippen molar-refractivity contribution in [2.24, 2.45) is 0 Å². The smallest absolute Gasteiger partial charge is 0.241 e. The first-order chi connectivity index (χ1) is 6.27. The summed E-state index contributed by atoms with van der Waals surface area (Å²) in [5, 5.41) is 14.1. The molecule has 1 aromatic rings. The molecule has 0 unspecified atom stereocenters. The maximum absolute atomic E-state index is 11.0. The van der Waals surface area contributed by atoms with E-state index in [1.165, 1.54) is 16.4 Å². The van der Waals surface area contributed by atoms with Crippen LogP contribution >= 0.6 is 34.4 Å². The SMILES string of the molecule is CNC(=O)Cn1nnnc1SCI. The van der Waals surface area contributed by atoms with Gasteiger partial charge in [-0.05, 0) is 10.4 Å². The molecule has 0 bridgehead atoms. The van der Waals surface area contributed by atoms with Crippen molar-refractivity contribution in [3.05, 3.63) is 0 Å². The van der Waals surface area contributed by atoms with Crippen molar-refractivity contribution >= 4 is 40.3 Å². The predicted molar refractivity (Wildman–Crippen MR) is 56.6 cm³/mol. The Kier molecular flexibility index (Phi) is 4.42. The summed E-state index contributed by atoms with van der Waals surface area (Å²) in [7, 11) is 1.58. The Labute approximate surface area is 93.0 Å². The van der Waals surface area contributed by atoms with Crippen molar-refractivity contribution < 1.29 is 4.79 Å². The van der Waals surface area contributed by atoms with Gasteiger partial charge in [-0.15, -0.1) is 5.10 Å². The number of nitrogens with one attached hydrogen (secondary N) is 1. The lowest BCUT2D eigenvalue weighted by molar-refractivity contribution is -0.121. The highest BCUT2D eigenvalue weighted by Crippen LogP contribution is 2.15. The van der Waals surface area contributed by atoms with Gasteiger partial charge in [-0.25, -0.2) is 4.68 Å². The van der Waals surface area contributed by atoms with Crippen LogP contribution in [0.15, 0.2) is 5.16 Å². The number of likely N-dealkylation sites (N-methyl/N-ethyl adjacent to an activating group) is 1.